The Balaban J connectivity index is 3.06. The van der Waals surface area contributed by atoms with Gasteiger partial charge in [-0.25, -0.2) is 0 Å². The lowest BCUT2D eigenvalue weighted by Gasteiger charge is -2.24. The van der Waals surface area contributed by atoms with Crippen LogP contribution in [0.1, 0.15) is 46.6 Å². The van der Waals surface area contributed by atoms with E-state index in [0.29, 0.717) is 12.2 Å². The predicted octanol–water partition coefficient (Wildman–Crippen LogP) is 3.90. The first kappa shape index (κ1) is 14.4. The van der Waals surface area contributed by atoms with E-state index in [2.05, 4.69) is 20.8 Å². The van der Waals surface area contributed by atoms with Gasteiger partial charge in [0.05, 0.1) is 0 Å². The first-order valence-electron chi connectivity index (χ1n) is 5.90. The molecule has 0 aliphatic rings. The Morgan fingerprint density at radius 2 is 1.76 bits per heavy atom. The first-order chi connectivity index (χ1) is 7.65. The van der Waals surface area contributed by atoms with Crippen LogP contribution < -0.4 is 0 Å². The molecule has 0 radical (unpaired) electrons. The maximum atomic E-state index is 10.0. The highest BCUT2D eigenvalue weighted by Gasteiger charge is 2.22. The average molecular weight is 254 g/mol. The molecular weight excluding hydrogens is 232 g/mol. The summed E-state index contributed by atoms with van der Waals surface area (Å²) in [7, 11) is 0. The highest BCUT2D eigenvalue weighted by atomic mass is 32.2. The SMILES string of the molecule is CCC(C)(O)Sc1ccc(O)c(C(C)(C)C)c1. The summed E-state index contributed by atoms with van der Waals surface area (Å²) in [4.78, 5) is 0.228. The maximum Gasteiger partial charge on any atom is 0.119 e. The minimum absolute atomic E-state index is 0.0985. The largest absolute Gasteiger partial charge is 0.508 e. The summed E-state index contributed by atoms with van der Waals surface area (Å²) in [6, 6.07) is 5.51. The van der Waals surface area contributed by atoms with Gasteiger partial charge in [0.25, 0.3) is 0 Å². The maximum absolute atomic E-state index is 10.0. The quantitative estimate of drug-likeness (QED) is 0.635. The highest BCUT2D eigenvalue weighted by Crippen LogP contribution is 2.38. The predicted molar refractivity (Wildman–Crippen MR) is 73.6 cm³/mol. The molecule has 3 heteroatoms. The number of rotatable bonds is 3. The van der Waals surface area contributed by atoms with Crippen molar-refractivity contribution in [3.63, 3.8) is 0 Å². The van der Waals surface area contributed by atoms with Gasteiger partial charge >= 0.3 is 0 Å². The molecule has 0 saturated carbocycles. The van der Waals surface area contributed by atoms with Gasteiger partial charge in [0.15, 0.2) is 0 Å². The molecule has 1 aromatic carbocycles. The van der Waals surface area contributed by atoms with Crippen molar-refractivity contribution in [1.29, 1.82) is 0 Å². The van der Waals surface area contributed by atoms with Gasteiger partial charge in [-0.1, -0.05) is 39.5 Å². The molecule has 0 spiro atoms. The second kappa shape index (κ2) is 4.91. The molecule has 1 atom stereocenters. The van der Waals surface area contributed by atoms with Gasteiger partial charge in [0, 0.05) is 10.5 Å². The number of phenolic OH excluding ortho intramolecular Hbond substituents is 1. The Kier molecular flexibility index (Phi) is 4.15. The fraction of sp³-hybridized carbons (Fsp3) is 0.571. The molecule has 17 heavy (non-hydrogen) atoms. The summed E-state index contributed by atoms with van der Waals surface area (Å²) in [6.07, 6.45) is 0.684. The number of aromatic hydroxyl groups is 1. The molecular formula is C14H22O2S. The van der Waals surface area contributed by atoms with Crippen molar-refractivity contribution in [1.82, 2.24) is 0 Å². The molecule has 0 fully saturated rings. The molecule has 96 valence electrons. The molecule has 0 aliphatic carbocycles. The Bertz CT molecular complexity index is 392. The van der Waals surface area contributed by atoms with Crippen LogP contribution in [0.2, 0.25) is 0 Å². The Morgan fingerprint density at radius 1 is 1.18 bits per heavy atom. The van der Waals surface area contributed by atoms with E-state index in [9.17, 15) is 10.2 Å². The number of phenols is 1. The fourth-order valence-corrected chi connectivity index (χ4v) is 2.47. The van der Waals surface area contributed by atoms with Crippen molar-refractivity contribution in [2.24, 2.45) is 0 Å². The van der Waals surface area contributed by atoms with E-state index in [4.69, 9.17) is 0 Å². The van der Waals surface area contributed by atoms with Crippen molar-refractivity contribution in [2.45, 2.75) is 56.3 Å². The summed E-state index contributed by atoms with van der Waals surface area (Å²) in [5.74, 6) is 0.318. The number of hydrogen-bond donors (Lipinski definition) is 2. The zero-order valence-corrected chi connectivity index (χ0v) is 12.1. The number of aliphatic hydroxyl groups is 1. The smallest absolute Gasteiger partial charge is 0.119 e. The van der Waals surface area contributed by atoms with Gasteiger partial charge < -0.3 is 10.2 Å². The molecule has 1 unspecified atom stereocenters. The number of hydrogen-bond acceptors (Lipinski definition) is 3. The summed E-state index contributed by atoms with van der Waals surface area (Å²) in [6.45, 7) is 9.96. The van der Waals surface area contributed by atoms with E-state index in [1.807, 2.05) is 19.1 Å². The van der Waals surface area contributed by atoms with Crippen LogP contribution in [-0.4, -0.2) is 15.1 Å². The Labute approximate surface area is 108 Å². The van der Waals surface area contributed by atoms with E-state index in [1.165, 1.54) is 11.8 Å². The highest BCUT2D eigenvalue weighted by molar-refractivity contribution is 8.00. The standard InChI is InChI=1S/C14H22O2S/c1-6-14(5,16)17-10-7-8-12(15)11(9-10)13(2,3)4/h7-9,15-16H,6H2,1-5H3. The van der Waals surface area contributed by atoms with Gasteiger partial charge in [-0.15, -0.1) is 0 Å². The molecule has 0 saturated heterocycles. The van der Waals surface area contributed by atoms with E-state index in [0.717, 1.165) is 10.5 Å². The zero-order chi connectivity index (χ0) is 13.3. The lowest BCUT2D eigenvalue weighted by Crippen LogP contribution is -2.17. The van der Waals surface area contributed by atoms with Gasteiger partial charge in [-0.3, -0.25) is 0 Å². The van der Waals surface area contributed by atoms with Crippen LogP contribution in [0.25, 0.3) is 0 Å². The minimum atomic E-state index is -0.758. The Morgan fingerprint density at radius 3 is 2.24 bits per heavy atom. The van der Waals surface area contributed by atoms with Crippen LogP contribution in [0.3, 0.4) is 0 Å². The van der Waals surface area contributed by atoms with Gasteiger partial charge in [0.1, 0.15) is 10.7 Å². The Hall–Kier alpha value is -0.670. The molecule has 1 aromatic rings. The molecule has 0 aliphatic heterocycles. The van der Waals surface area contributed by atoms with Gasteiger partial charge in [-0.05, 0) is 37.0 Å². The molecule has 2 nitrogen and oxygen atoms in total. The summed E-state index contributed by atoms with van der Waals surface area (Å²) >= 11 is 1.43. The van der Waals surface area contributed by atoms with Gasteiger partial charge in [0.2, 0.25) is 0 Å². The third-order valence-electron chi connectivity index (χ3n) is 2.77. The number of thioether (sulfide) groups is 1. The average Bonchev–Trinajstić information content (AvgIpc) is 2.19. The summed E-state index contributed by atoms with van der Waals surface area (Å²) < 4.78 is 0. The molecule has 0 heterocycles. The molecule has 0 aromatic heterocycles. The van der Waals surface area contributed by atoms with Crippen molar-refractivity contribution in [3.05, 3.63) is 23.8 Å². The zero-order valence-electron chi connectivity index (χ0n) is 11.2. The van der Waals surface area contributed by atoms with E-state index < -0.39 is 4.93 Å². The summed E-state index contributed by atoms with van der Waals surface area (Å²) in [5.41, 5.74) is 0.813. The second-order valence-corrected chi connectivity index (χ2v) is 7.11. The third kappa shape index (κ3) is 3.93. The van der Waals surface area contributed by atoms with Crippen molar-refractivity contribution >= 4 is 11.8 Å². The molecule has 0 bridgehead atoms. The summed E-state index contributed by atoms with van der Waals surface area (Å²) in [5, 5.41) is 19.9. The van der Waals surface area contributed by atoms with E-state index in [1.54, 1.807) is 13.0 Å². The first-order valence-corrected chi connectivity index (χ1v) is 6.72. The third-order valence-corrected chi connectivity index (χ3v) is 3.99. The van der Waals surface area contributed by atoms with Crippen LogP contribution in [0, 0.1) is 0 Å². The van der Waals surface area contributed by atoms with Crippen molar-refractivity contribution in [3.8, 4) is 5.75 Å². The van der Waals surface area contributed by atoms with E-state index >= 15 is 0 Å². The fourth-order valence-electron chi connectivity index (χ4n) is 1.51. The van der Waals surface area contributed by atoms with Crippen molar-refractivity contribution in [2.75, 3.05) is 0 Å². The van der Waals surface area contributed by atoms with Crippen LogP contribution >= 0.6 is 11.8 Å². The normalized spacial score (nSPS) is 15.6. The lowest BCUT2D eigenvalue weighted by atomic mass is 9.86. The second-order valence-electron chi connectivity index (χ2n) is 5.56. The molecule has 2 N–H and O–H groups in total. The minimum Gasteiger partial charge on any atom is -0.508 e. The number of benzene rings is 1. The molecule has 0 amide bonds. The van der Waals surface area contributed by atoms with Crippen LogP contribution in [-0.2, 0) is 5.41 Å². The monoisotopic (exact) mass is 254 g/mol. The van der Waals surface area contributed by atoms with Gasteiger partial charge in [-0.2, -0.15) is 0 Å². The molecule has 1 rings (SSSR count). The van der Waals surface area contributed by atoms with Crippen LogP contribution in [0.15, 0.2) is 23.1 Å². The van der Waals surface area contributed by atoms with Crippen LogP contribution in [0.5, 0.6) is 5.75 Å². The van der Waals surface area contributed by atoms with Crippen LogP contribution in [0.4, 0.5) is 0 Å². The van der Waals surface area contributed by atoms with Crippen molar-refractivity contribution < 1.29 is 10.2 Å². The van der Waals surface area contributed by atoms with E-state index in [-0.39, 0.29) is 5.41 Å². The lowest BCUT2D eigenvalue weighted by molar-refractivity contribution is 0.153. The topological polar surface area (TPSA) is 40.5 Å².